The van der Waals surface area contributed by atoms with Crippen molar-refractivity contribution in [3.63, 3.8) is 0 Å². The number of methoxy groups -OCH3 is 1. The summed E-state index contributed by atoms with van der Waals surface area (Å²) in [5.41, 5.74) is 6.83. The normalized spacial score (nSPS) is 20.8. The van der Waals surface area contributed by atoms with E-state index in [1.165, 1.54) is 19.3 Å². The topological polar surface area (TPSA) is 47.3 Å². The smallest absolute Gasteiger partial charge is 0.0468 e. The third kappa shape index (κ3) is 4.40. The van der Waals surface area contributed by atoms with Gasteiger partial charge in [0.1, 0.15) is 0 Å². The Morgan fingerprint density at radius 1 is 1.38 bits per heavy atom. The number of nitrogens with one attached hydrogen (secondary N) is 1. The van der Waals surface area contributed by atoms with Crippen LogP contribution in [0, 0.1) is 10.8 Å². The van der Waals surface area contributed by atoms with Crippen molar-refractivity contribution in [2.45, 2.75) is 46.1 Å². The Bertz CT molecular complexity index is 206. The standard InChI is InChI=1S/C13H28N2O/c1-12(2,3)11(14)9-15-10-13(5-6-13)7-8-16-4/h11,15H,5-10,14H2,1-4H3. The summed E-state index contributed by atoms with van der Waals surface area (Å²) in [4.78, 5) is 0. The lowest BCUT2D eigenvalue weighted by Gasteiger charge is -2.28. The first-order valence-electron chi connectivity index (χ1n) is 6.35. The van der Waals surface area contributed by atoms with E-state index in [0.717, 1.165) is 19.7 Å². The summed E-state index contributed by atoms with van der Waals surface area (Å²) in [5, 5.41) is 3.52. The molecule has 96 valence electrons. The van der Waals surface area contributed by atoms with Gasteiger partial charge >= 0.3 is 0 Å². The maximum atomic E-state index is 6.11. The Kier molecular flexibility index (Phi) is 4.77. The highest BCUT2D eigenvalue weighted by atomic mass is 16.5. The van der Waals surface area contributed by atoms with Gasteiger partial charge in [0.15, 0.2) is 0 Å². The molecule has 0 spiro atoms. The third-order valence-electron chi connectivity index (χ3n) is 3.77. The predicted octanol–water partition coefficient (Wildman–Crippen LogP) is 1.77. The second-order valence-electron chi connectivity index (χ2n) is 6.35. The van der Waals surface area contributed by atoms with Gasteiger partial charge in [-0.1, -0.05) is 20.8 Å². The third-order valence-corrected chi connectivity index (χ3v) is 3.77. The van der Waals surface area contributed by atoms with Crippen molar-refractivity contribution >= 4 is 0 Å². The molecular formula is C13H28N2O. The highest BCUT2D eigenvalue weighted by Crippen LogP contribution is 2.48. The van der Waals surface area contributed by atoms with Gasteiger partial charge in [-0.2, -0.15) is 0 Å². The Labute approximate surface area is 100 Å². The van der Waals surface area contributed by atoms with Crippen LogP contribution in [0.25, 0.3) is 0 Å². The fourth-order valence-electron chi connectivity index (χ4n) is 1.81. The van der Waals surface area contributed by atoms with Crippen LogP contribution in [0.4, 0.5) is 0 Å². The Hall–Kier alpha value is -0.120. The molecule has 0 aromatic heterocycles. The minimum atomic E-state index is 0.191. The first kappa shape index (κ1) is 13.9. The van der Waals surface area contributed by atoms with Gasteiger partial charge in [0.2, 0.25) is 0 Å². The zero-order valence-electron chi connectivity index (χ0n) is 11.3. The highest BCUT2D eigenvalue weighted by Gasteiger charge is 2.41. The minimum absolute atomic E-state index is 0.191. The first-order chi connectivity index (χ1) is 7.40. The maximum Gasteiger partial charge on any atom is 0.0468 e. The Morgan fingerprint density at radius 2 is 2.00 bits per heavy atom. The van der Waals surface area contributed by atoms with E-state index >= 15 is 0 Å². The molecule has 1 unspecified atom stereocenters. The molecule has 3 N–H and O–H groups in total. The molecule has 1 aliphatic carbocycles. The van der Waals surface area contributed by atoms with Gasteiger partial charge in [-0.05, 0) is 30.1 Å². The molecular weight excluding hydrogens is 200 g/mol. The van der Waals surface area contributed by atoms with Crippen molar-refractivity contribution in [3.8, 4) is 0 Å². The summed E-state index contributed by atoms with van der Waals surface area (Å²) in [5.74, 6) is 0. The number of hydrogen-bond acceptors (Lipinski definition) is 3. The van der Waals surface area contributed by atoms with Gasteiger partial charge in [0, 0.05) is 32.8 Å². The van der Waals surface area contributed by atoms with Gasteiger partial charge in [0.05, 0.1) is 0 Å². The molecule has 1 aliphatic rings. The van der Waals surface area contributed by atoms with Gasteiger partial charge in [-0.25, -0.2) is 0 Å². The van der Waals surface area contributed by atoms with E-state index in [4.69, 9.17) is 10.5 Å². The monoisotopic (exact) mass is 228 g/mol. The fraction of sp³-hybridized carbons (Fsp3) is 1.00. The van der Waals surface area contributed by atoms with Crippen molar-refractivity contribution in [2.75, 3.05) is 26.8 Å². The molecule has 0 saturated heterocycles. The molecule has 0 bridgehead atoms. The van der Waals surface area contributed by atoms with E-state index in [2.05, 4.69) is 26.1 Å². The molecule has 1 atom stereocenters. The summed E-state index contributed by atoms with van der Waals surface area (Å²) >= 11 is 0. The van der Waals surface area contributed by atoms with E-state index in [0.29, 0.717) is 5.41 Å². The lowest BCUT2D eigenvalue weighted by molar-refractivity contribution is 0.170. The van der Waals surface area contributed by atoms with Crippen LogP contribution in [-0.4, -0.2) is 32.8 Å². The summed E-state index contributed by atoms with van der Waals surface area (Å²) in [7, 11) is 1.78. The minimum Gasteiger partial charge on any atom is -0.385 e. The van der Waals surface area contributed by atoms with Crippen molar-refractivity contribution < 1.29 is 4.74 Å². The van der Waals surface area contributed by atoms with E-state index in [9.17, 15) is 0 Å². The van der Waals surface area contributed by atoms with Crippen LogP contribution in [0.5, 0.6) is 0 Å². The Morgan fingerprint density at radius 3 is 2.44 bits per heavy atom. The Balaban J connectivity index is 2.16. The van der Waals surface area contributed by atoms with E-state index in [-0.39, 0.29) is 11.5 Å². The summed E-state index contributed by atoms with van der Waals surface area (Å²) in [6.07, 6.45) is 3.86. The lowest BCUT2D eigenvalue weighted by Crippen LogP contribution is -2.44. The molecule has 0 aromatic carbocycles. The molecule has 0 aromatic rings. The van der Waals surface area contributed by atoms with Crippen LogP contribution in [0.2, 0.25) is 0 Å². The van der Waals surface area contributed by atoms with Crippen molar-refractivity contribution in [1.29, 1.82) is 0 Å². The molecule has 3 heteroatoms. The van der Waals surface area contributed by atoms with E-state index < -0.39 is 0 Å². The number of hydrogen-bond donors (Lipinski definition) is 2. The van der Waals surface area contributed by atoms with Crippen LogP contribution in [0.15, 0.2) is 0 Å². The van der Waals surface area contributed by atoms with Crippen LogP contribution >= 0.6 is 0 Å². The summed E-state index contributed by atoms with van der Waals surface area (Å²) in [6.45, 7) is 9.47. The molecule has 0 amide bonds. The molecule has 1 fully saturated rings. The quantitative estimate of drug-likeness (QED) is 0.698. The van der Waals surface area contributed by atoms with Gasteiger partial charge in [-0.15, -0.1) is 0 Å². The molecule has 0 heterocycles. The van der Waals surface area contributed by atoms with E-state index in [1.807, 2.05) is 0 Å². The van der Waals surface area contributed by atoms with Crippen LogP contribution < -0.4 is 11.1 Å². The largest absolute Gasteiger partial charge is 0.385 e. The SMILES string of the molecule is COCCC1(CNCC(N)C(C)(C)C)CC1. The summed E-state index contributed by atoms with van der Waals surface area (Å²) < 4.78 is 5.15. The predicted molar refractivity (Wildman–Crippen MR) is 68.5 cm³/mol. The molecule has 3 nitrogen and oxygen atoms in total. The molecule has 0 aliphatic heterocycles. The van der Waals surface area contributed by atoms with Crippen molar-refractivity contribution in [3.05, 3.63) is 0 Å². The van der Waals surface area contributed by atoms with Gasteiger partial charge < -0.3 is 15.8 Å². The van der Waals surface area contributed by atoms with Crippen LogP contribution in [0.3, 0.4) is 0 Å². The molecule has 16 heavy (non-hydrogen) atoms. The first-order valence-corrected chi connectivity index (χ1v) is 6.35. The van der Waals surface area contributed by atoms with Gasteiger partial charge in [-0.3, -0.25) is 0 Å². The molecule has 0 radical (unpaired) electrons. The fourth-order valence-corrected chi connectivity index (χ4v) is 1.81. The number of rotatable bonds is 7. The second-order valence-corrected chi connectivity index (χ2v) is 6.35. The average molecular weight is 228 g/mol. The second kappa shape index (κ2) is 5.48. The van der Waals surface area contributed by atoms with Crippen molar-refractivity contribution in [1.82, 2.24) is 5.32 Å². The van der Waals surface area contributed by atoms with E-state index in [1.54, 1.807) is 7.11 Å². The van der Waals surface area contributed by atoms with Crippen molar-refractivity contribution in [2.24, 2.45) is 16.6 Å². The number of ether oxygens (including phenoxy) is 1. The zero-order valence-corrected chi connectivity index (χ0v) is 11.3. The summed E-state index contributed by atoms with van der Waals surface area (Å²) in [6, 6.07) is 0.228. The van der Waals surface area contributed by atoms with Crippen LogP contribution in [-0.2, 0) is 4.74 Å². The molecule has 1 saturated carbocycles. The highest BCUT2D eigenvalue weighted by molar-refractivity contribution is 4.95. The van der Waals surface area contributed by atoms with Crippen LogP contribution in [0.1, 0.15) is 40.0 Å². The maximum absolute atomic E-state index is 6.11. The lowest BCUT2D eigenvalue weighted by atomic mass is 9.87. The average Bonchev–Trinajstić information content (AvgIpc) is 2.94. The van der Waals surface area contributed by atoms with Gasteiger partial charge in [0.25, 0.3) is 0 Å². The molecule has 1 rings (SSSR count). The zero-order chi connectivity index (χ0) is 12.2. The number of nitrogens with two attached hydrogens (primary N) is 1.